The molecule has 0 bridgehead atoms. The second-order valence-electron chi connectivity index (χ2n) is 20.2. The van der Waals surface area contributed by atoms with Gasteiger partial charge in [-0.1, -0.05) is 224 Å². The van der Waals surface area contributed by atoms with E-state index in [0.29, 0.717) is 23.9 Å². The zero-order valence-electron chi connectivity index (χ0n) is 48.6. The van der Waals surface area contributed by atoms with E-state index in [0.717, 1.165) is 128 Å². The van der Waals surface area contributed by atoms with Crippen LogP contribution in [0, 0.1) is 0 Å². The molecule has 2 atom stereocenters. The zero-order valence-corrected chi connectivity index (χ0v) is 49.5. The van der Waals surface area contributed by atoms with E-state index in [4.69, 9.17) is 18.5 Å². The van der Waals surface area contributed by atoms with Crippen molar-refractivity contribution >= 4 is 19.8 Å². The van der Waals surface area contributed by atoms with Crippen LogP contribution >= 0.6 is 7.82 Å². The van der Waals surface area contributed by atoms with Crippen molar-refractivity contribution in [1.82, 2.24) is 0 Å². The number of esters is 2. The molecule has 430 valence electrons. The molecule has 10 heteroatoms. The lowest BCUT2D eigenvalue weighted by Gasteiger charge is -2.28. The SMILES string of the molecule is CC/C=C\C/C=C\C/C=C\C/C=C\C/C=C\C/C=C\CCCCCCCCCCCCC(=O)OC(COC(=O)CCCCCC/C=C\C/C=C\C/C=C\C/C=C\C/C=C\C/C=C\CC)COP(=O)([O-])OCC[N+](C)(C)C. The molecule has 0 rings (SSSR count). The summed E-state index contributed by atoms with van der Waals surface area (Å²) in [4.78, 5) is 37.9. The summed E-state index contributed by atoms with van der Waals surface area (Å²) in [6.45, 7) is 3.95. The number of phosphoric ester groups is 1. The van der Waals surface area contributed by atoms with Crippen molar-refractivity contribution in [1.29, 1.82) is 0 Å². The van der Waals surface area contributed by atoms with Gasteiger partial charge in [-0.15, -0.1) is 0 Å². The lowest BCUT2D eigenvalue weighted by Crippen LogP contribution is -2.37. The van der Waals surface area contributed by atoms with Crippen LogP contribution in [-0.4, -0.2) is 70.0 Å². The van der Waals surface area contributed by atoms with Crippen molar-refractivity contribution in [3.05, 3.63) is 146 Å². The molecule has 0 aliphatic heterocycles. The predicted molar refractivity (Wildman–Crippen MR) is 323 cm³/mol. The van der Waals surface area contributed by atoms with Crippen molar-refractivity contribution in [3.8, 4) is 0 Å². The second-order valence-corrected chi connectivity index (χ2v) is 21.7. The maximum atomic E-state index is 12.8. The van der Waals surface area contributed by atoms with Crippen molar-refractivity contribution in [2.45, 2.75) is 213 Å². The number of phosphoric acid groups is 1. The Balaban J connectivity index is 4.26. The summed E-state index contributed by atoms with van der Waals surface area (Å²) in [6.07, 6.45) is 81.7. The first-order valence-corrected chi connectivity index (χ1v) is 31.0. The summed E-state index contributed by atoms with van der Waals surface area (Å²) < 4.78 is 34.1. The Bertz CT molecular complexity index is 1790. The number of allylic oxidation sites excluding steroid dienone is 24. The topological polar surface area (TPSA) is 111 Å². The van der Waals surface area contributed by atoms with Crippen LogP contribution in [0.1, 0.15) is 206 Å². The van der Waals surface area contributed by atoms with E-state index in [-0.39, 0.29) is 26.1 Å². The molecule has 0 fully saturated rings. The zero-order chi connectivity index (χ0) is 55.6. The number of likely N-dealkylation sites (N-methyl/N-ethyl adjacent to an activating group) is 1. The Morgan fingerprint density at radius 1 is 0.408 bits per heavy atom. The molecule has 0 saturated heterocycles. The Kier molecular flexibility index (Phi) is 52.6. The van der Waals surface area contributed by atoms with Crippen LogP contribution in [0.4, 0.5) is 0 Å². The molecule has 0 spiro atoms. The van der Waals surface area contributed by atoms with Crippen molar-refractivity contribution in [2.75, 3.05) is 47.5 Å². The van der Waals surface area contributed by atoms with Gasteiger partial charge in [0.1, 0.15) is 19.8 Å². The number of hydrogen-bond donors (Lipinski definition) is 0. The van der Waals surface area contributed by atoms with Gasteiger partial charge in [0.25, 0.3) is 7.82 Å². The average Bonchev–Trinajstić information content (AvgIpc) is 3.38. The minimum Gasteiger partial charge on any atom is -0.756 e. The smallest absolute Gasteiger partial charge is 0.306 e. The van der Waals surface area contributed by atoms with Gasteiger partial charge >= 0.3 is 11.9 Å². The third-order valence-electron chi connectivity index (χ3n) is 11.9. The van der Waals surface area contributed by atoms with E-state index in [2.05, 4.69) is 160 Å². The summed E-state index contributed by atoms with van der Waals surface area (Å²) in [6, 6.07) is 0. The number of nitrogens with zero attached hydrogens (tertiary/aromatic N) is 1. The van der Waals surface area contributed by atoms with Crippen LogP contribution in [0.2, 0.25) is 0 Å². The van der Waals surface area contributed by atoms with Gasteiger partial charge in [0.05, 0.1) is 27.7 Å². The van der Waals surface area contributed by atoms with Crippen LogP contribution in [-0.2, 0) is 32.7 Å². The Labute approximate surface area is 465 Å². The quantitative estimate of drug-likeness (QED) is 0.0195. The van der Waals surface area contributed by atoms with Crippen molar-refractivity contribution in [3.63, 3.8) is 0 Å². The number of ether oxygens (including phenoxy) is 2. The van der Waals surface area contributed by atoms with E-state index in [1.165, 1.54) is 38.5 Å². The molecular formula is C66H108NO8P. The van der Waals surface area contributed by atoms with Crippen LogP contribution in [0.25, 0.3) is 0 Å². The number of unbranched alkanes of at least 4 members (excludes halogenated alkanes) is 14. The Morgan fingerprint density at radius 2 is 0.711 bits per heavy atom. The van der Waals surface area contributed by atoms with E-state index < -0.39 is 32.5 Å². The van der Waals surface area contributed by atoms with Gasteiger partial charge in [0, 0.05) is 12.8 Å². The molecule has 0 aromatic carbocycles. The van der Waals surface area contributed by atoms with Gasteiger partial charge in [-0.2, -0.15) is 0 Å². The fourth-order valence-electron chi connectivity index (χ4n) is 7.37. The van der Waals surface area contributed by atoms with Gasteiger partial charge in [0.2, 0.25) is 0 Å². The molecule has 0 saturated carbocycles. The highest BCUT2D eigenvalue weighted by atomic mass is 31.2. The molecule has 0 N–H and O–H groups in total. The average molecular weight is 1070 g/mol. The van der Waals surface area contributed by atoms with E-state index in [9.17, 15) is 19.0 Å². The Morgan fingerprint density at radius 3 is 1.05 bits per heavy atom. The maximum Gasteiger partial charge on any atom is 0.306 e. The number of carbonyl (C=O) groups is 2. The van der Waals surface area contributed by atoms with Crippen LogP contribution in [0.5, 0.6) is 0 Å². The van der Waals surface area contributed by atoms with Gasteiger partial charge < -0.3 is 27.9 Å². The monoisotopic (exact) mass is 1070 g/mol. The second kappa shape index (κ2) is 55.6. The number of rotatable bonds is 52. The summed E-state index contributed by atoms with van der Waals surface area (Å²) in [5.41, 5.74) is 0. The Hall–Kier alpha value is -4.11. The molecule has 9 nitrogen and oxygen atoms in total. The molecule has 0 amide bonds. The normalized spacial score (nSPS) is 14.3. The first kappa shape index (κ1) is 71.9. The molecule has 0 heterocycles. The number of quaternary nitrogens is 1. The van der Waals surface area contributed by atoms with Gasteiger partial charge in [-0.25, -0.2) is 0 Å². The van der Waals surface area contributed by atoms with Crippen LogP contribution in [0.15, 0.2) is 146 Å². The summed E-state index contributed by atoms with van der Waals surface area (Å²) in [5.74, 6) is -0.879. The summed E-state index contributed by atoms with van der Waals surface area (Å²) >= 11 is 0. The largest absolute Gasteiger partial charge is 0.756 e. The third kappa shape index (κ3) is 59.1. The van der Waals surface area contributed by atoms with Crippen molar-refractivity contribution in [2.24, 2.45) is 0 Å². The first-order valence-electron chi connectivity index (χ1n) is 29.5. The fraction of sp³-hybridized carbons (Fsp3) is 0.606. The molecule has 0 aliphatic carbocycles. The highest BCUT2D eigenvalue weighted by Crippen LogP contribution is 2.38. The van der Waals surface area contributed by atoms with Crippen molar-refractivity contribution < 1.29 is 42.1 Å². The lowest BCUT2D eigenvalue weighted by molar-refractivity contribution is -0.870. The highest BCUT2D eigenvalue weighted by molar-refractivity contribution is 7.45. The molecular weight excluding hydrogens is 966 g/mol. The standard InChI is InChI=1S/C66H108NO8P/c1-6-8-10-12-14-16-18-20-22-24-26-28-30-31-32-33-34-35-37-39-41-43-45-47-49-51-53-55-57-59-66(69)75-64(63-74-76(70,71)73-61-60-67(3,4)5)62-72-65(68)58-56-54-52-50-48-46-44-42-40-38-36-29-27-25-23-21-19-17-15-13-11-9-7-2/h8-11,14-17,20-23,26-29,31-32,34-35,38,40,44,46,64H,6-7,12-13,18-19,24-25,30,33,36-37,39,41-43,45,47-63H2,1-5H3/b10-8-,11-9-,16-14-,17-15-,22-20-,23-21-,28-26-,29-27-,32-31-,35-34-,40-38-,46-44-. The number of hydrogen-bond acceptors (Lipinski definition) is 8. The maximum absolute atomic E-state index is 12.8. The molecule has 0 aromatic rings. The number of carbonyl (C=O) groups excluding carboxylic acids is 2. The molecule has 76 heavy (non-hydrogen) atoms. The summed E-state index contributed by atoms with van der Waals surface area (Å²) in [7, 11) is 1.12. The van der Waals surface area contributed by atoms with E-state index in [1.807, 2.05) is 21.1 Å². The molecule has 0 aliphatic rings. The van der Waals surface area contributed by atoms with Gasteiger partial charge in [-0.05, 0) is 116 Å². The minimum absolute atomic E-state index is 0.0448. The third-order valence-corrected chi connectivity index (χ3v) is 12.8. The van der Waals surface area contributed by atoms with Gasteiger partial charge in [-0.3, -0.25) is 14.2 Å². The van der Waals surface area contributed by atoms with E-state index in [1.54, 1.807) is 0 Å². The first-order chi connectivity index (χ1) is 37.0. The van der Waals surface area contributed by atoms with Crippen LogP contribution in [0.3, 0.4) is 0 Å². The fourth-order valence-corrected chi connectivity index (χ4v) is 8.10. The lowest BCUT2D eigenvalue weighted by atomic mass is 10.0. The minimum atomic E-state index is -4.66. The molecule has 2 unspecified atom stereocenters. The molecule has 0 aromatic heterocycles. The van der Waals surface area contributed by atoms with Gasteiger partial charge in [0.15, 0.2) is 6.10 Å². The molecule has 0 radical (unpaired) electrons. The predicted octanol–water partition coefficient (Wildman–Crippen LogP) is 18.1. The van der Waals surface area contributed by atoms with Crippen LogP contribution < -0.4 is 4.89 Å². The van der Waals surface area contributed by atoms with E-state index >= 15 is 0 Å². The highest BCUT2D eigenvalue weighted by Gasteiger charge is 2.21. The summed E-state index contributed by atoms with van der Waals surface area (Å²) in [5, 5.41) is 0.